The van der Waals surface area contributed by atoms with E-state index in [1.165, 1.54) is 12.1 Å². The Morgan fingerprint density at radius 3 is 2.79 bits per heavy atom. The van der Waals surface area contributed by atoms with Gasteiger partial charge in [0.15, 0.2) is 0 Å². The van der Waals surface area contributed by atoms with E-state index in [2.05, 4.69) is 21.2 Å². The number of aromatic nitrogens is 3. The molecule has 0 saturated heterocycles. The molecule has 2 aromatic heterocycles. The van der Waals surface area contributed by atoms with E-state index < -0.39 is 0 Å². The number of H-pyrrole nitrogens is 1. The molecule has 2 heterocycles. The minimum atomic E-state index is -0.250. The number of hydrogen-bond donors (Lipinski definition) is 2. The van der Waals surface area contributed by atoms with Gasteiger partial charge in [-0.1, -0.05) is 12.1 Å². The zero-order valence-electron chi connectivity index (χ0n) is 16.4. The Kier molecular flexibility index (Phi) is 5.27. The highest BCUT2D eigenvalue weighted by atomic mass is 19.1. The fourth-order valence-corrected chi connectivity index (χ4v) is 3.38. The third kappa shape index (κ3) is 4.27. The van der Waals surface area contributed by atoms with Crippen LogP contribution in [0.3, 0.4) is 0 Å². The van der Waals surface area contributed by atoms with Crippen molar-refractivity contribution in [3.05, 3.63) is 77.5 Å². The standard InChI is InChI=1S/C23H23FN4O/c1-14-3-5-19(24)7-17(14)8-20(25)13-29-21-9-18(11-26-12-21)16-4-6-23-22(10-16)15(2)27-28-23/h3-7,9-12,20H,8,13,25H2,1-2H3,(H,27,28)/t20-/m0/s1. The summed E-state index contributed by atoms with van der Waals surface area (Å²) < 4.78 is 19.3. The average Bonchev–Trinajstić information content (AvgIpc) is 3.10. The molecule has 0 unspecified atom stereocenters. The predicted molar refractivity (Wildman–Crippen MR) is 112 cm³/mol. The lowest BCUT2D eigenvalue weighted by atomic mass is 10.0. The van der Waals surface area contributed by atoms with Gasteiger partial charge in [-0.3, -0.25) is 10.1 Å². The number of fused-ring (bicyclic) bond motifs is 1. The number of ether oxygens (including phenoxy) is 1. The summed E-state index contributed by atoms with van der Waals surface area (Å²) in [6, 6.07) is 12.6. The fourth-order valence-electron chi connectivity index (χ4n) is 3.38. The summed E-state index contributed by atoms with van der Waals surface area (Å²) >= 11 is 0. The molecule has 29 heavy (non-hydrogen) atoms. The van der Waals surface area contributed by atoms with Crippen molar-refractivity contribution < 1.29 is 9.13 Å². The van der Waals surface area contributed by atoms with Crippen LogP contribution in [0.1, 0.15) is 16.8 Å². The summed E-state index contributed by atoms with van der Waals surface area (Å²) in [7, 11) is 0. The molecule has 0 bridgehead atoms. The highest BCUT2D eigenvalue weighted by Gasteiger charge is 2.10. The molecule has 2 aromatic carbocycles. The van der Waals surface area contributed by atoms with Gasteiger partial charge in [0, 0.05) is 28.9 Å². The second kappa shape index (κ2) is 8.01. The summed E-state index contributed by atoms with van der Waals surface area (Å²) in [6.07, 6.45) is 4.03. The van der Waals surface area contributed by atoms with E-state index >= 15 is 0 Å². The Balaban J connectivity index is 1.45. The first-order valence-corrected chi connectivity index (χ1v) is 9.53. The molecule has 148 valence electrons. The highest BCUT2D eigenvalue weighted by molar-refractivity contribution is 5.86. The maximum Gasteiger partial charge on any atom is 0.138 e. The van der Waals surface area contributed by atoms with Gasteiger partial charge in [-0.05, 0) is 67.3 Å². The molecule has 0 spiro atoms. The number of aryl methyl sites for hydroxylation is 2. The van der Waals surface area contributed by atoms with Crippen molar-refractivity contribution in [3.8, 4) is 16.9 Å². The van der Waals surface area contributed by atoms with Gasteiger partial charge in [-0.2, -0.15) is 5.10 Å². The van der Waals surface area contributed by atoms with Gasteiger partial charge in [-0.25, -0.2) is 4.39 Å². The number of pyridine rings is 1. The number of hydrogen-bond acceptors (Lipinski definition) is 4. The SMILES string of the molecule is Cc1ccc(F)cc1C[C@H](N)COc1cncc(-c2ccc3n[nH]c(C)c3c2)c1. The molecular weight excluding hydrogens is 367 g/mol. The molecule has 6 heteroatoms. The van der Waals surface area contributed by atoms with E-state index in [1.54, 1.807) is 18.5 Å². The Hall–Kier alpha value is -3.25. The molecule has 0 radical (unpaired) electrons. The van der Waals surface area contributed by atoms with Crippen LogP contribution >= 0.6 is 0 Å². The zero-order chi connectivity index (χ0) is 20.4. The Morgan fingerprint density at radius 2 is 1.93 bits per heavy atom. The van der Waals surface area contributed by atoms with Crippen LogP contribution in [0.5, 0.6) is 5.75 Å². The maximum absolute atomic E-state index is 13.5. The summed E-state index contributed by atoms with van der Waals surface area (Å²) in [6.45, 7) is 4.27. The van der Waals surface area contributed by atoms with E-state index in [4.69, 9.17) is 10.5 Å². The van der Waals surface area contributed by atoms with E-state index in [0.29, 0.717) is 18.8 Å². The number of aromatic amines is 1. The largest absolute Gasteiger partial charge is 0.490 e. The third-order valence-electron chi connectivity index (χ3n) is 5.05. The van der Waals surface area contributed by atoms with Gasteiger partial charge in [-0.15, -0.1) is 0 Å². The lowest BCUT2D eigenvalue weighted by molar-refractivity contribution is 0.286. The minimum Gasteiger partial charge on any atom is -0.490 e. The summed E-state index contributed by atoms with van der Waals surface area (Å²) in [4.78, 5) is 4.30. The molecule has 3 N–H and O–H groups in total. The van der Waals surface area contributed by atoms with Crippen molar-refractivity contribution in [2.24, 2.45) is 5.73 Å². The molecule has 0 aliphatic heterocycles. The van der Waals surface area contributed by atoms with Crippen molar-refractivity contribution in [1.82, 2.24) is 15.2 Å². The Labute approximate surface area is 168 Å². The molecule has 5 nitrogen and oxygen atoms in total. The highest BCUT2D eigenvalue weighted by Crippen LogP contribution is 2.27. The van der Waals surface area contributed by atoms with Crippen LogP contribution < -0.4 is 10.5 Å². The summed E-state index contributed by atoms with van der Waals surface area (Å²) in [5.74, 6) is 0.401. The van der Waals surface area contributed by atoms with Crippen molar-refractivity contribution >= 4 is 10.9 Å². The number of halogens is 1. The van der Waals surface area contributed by atoms with Crippen molar-refractivity contribution in [1.29, 1.82) is 0 Å². The van der Waals surface area contributed by atoms with Crippen molar-refractivity contribution in [3.63, 3.8) is 0 Å². The van der Waals surface area contributed by atoms with Gasteiger partial charge >= 0.3 is 0 Å². The van der Waals surface area contributed by atoms with Crippen molar-refractivity contribution in [2.45, 2.75) is 26.3 Å². The second-order valence-corrected chi connectivity index (χ2v) is 7.34. The van der Waals surface area contributed by atoms with Gasteiger partial charge in [0.1, 0.15) is 18.2 Å². The first-order valence-electron chi connectivity index (χ1n) is 9.53. The first-order chi connectivity index (χ1) is 14.0. The lowest BCUT2D eigenvalue weighted by Gasteiger charge is -2.15. The van der Waals surface area contributed by atoms with Crippen LogP contribution in [0, 0.1) is 19.7 Å². The molecular formula is C23H23FN4O. The van der Waals surface area contributed by atoms with E-state index in [0.717, 1.165) is 38.9 Å². The van der Waals surface area contributed by atoms with Gasteiger partial charge < -0.3 is 10.5 Å². The number of nitrogens with zero attached hydrogens (tertiary/aromatic N) is 2. The van der Waals surface area contributed by atoms with Crippen LogP contribution in [0.2, 0.25) is 0 Å². The molecule has 0 fully saturated rings. The molecule has 0 aliphatic carbocycles. The topological polar surface area (TPSA) is 76.8 Å². The molecule has 0 saturated carbocycles. The third-order valence-corrected chi connectivity index (χ3v) is 5.05. The van der Waals surface area contributed by atoms with Crippen LogP contribution in [0.25, 0.3) is 22.0 Å². The lowest BCUT2D eigenvalue weighted by Crippen LogP contribution is -2.30. The maximum atomic E-state index is 13.5. The summed E-state index contributed by atoms with van der Waals surface area (Å²) in [5, 5.41) is 8.35. The normalized spacial score (nSPS) is 12.3. The smallest absolute Gasteiger partial charge is 0.138 e. The fraction of sp³-hybridized carbons (Fsp3) is 0.217. The predicted octanol–water partition coefficient (Wildman–Crippen LogP) is 4.33. The van der Waals surface area contributed by atoms with Gasteiger partial charge in [0.2, 0.25) is 0 Å². The van der Waals surface area contributed by atoms with Crippen LogP contribution in [0.15, 0.2) is 54.9 Å². The van der Waals surface area contributed by atoms with Crippen molar-refractivity contribution in [2.75, 3.05) is 6.61 Å². The first kappa shape index (κ1) is 19.1. The van der Waals surface area contributed by atoms with E-state index in [1.807, 2.05) is 32.0 Å². The molecule has 0 amide bonds. The van der Waals surface area contributed by atoms with Gasteiger partial charge in [0.25, 0.3) is 0 Å². The van der Waals surface area contributed by atoms with E-state index in [9.17, 15) is 4.39 Å². The molecule has 1 atom stereocenters. The average molecular weight is 390 g/mol. The van der Waals surface area contributed by atoms with Crippen LogP contribution in [-0.4, -0.2) is 27.8 Å². The quantitative estimate of drug-likeness (QED) is 0.514. The van der Waals surface area contributed by atoms with E-state index in [-0.39, 0.29) is 11.9 Å². The Morgan fingerprint density at radius 1 is 1.07 bits per heavy atom. The minimum absolute atomic E-state index is 0.246. The number of benzene rings is 2. The number of rotatable bonds is 6. The van der Waals surface area contributed by atoms with Crippen LogP contribution in [0.4, 0.5) is 4.39 Å². The van der Waals surface area contributed by atoms with Crippen LogP contribution in [-0.2, 0) is 6.42 Å². The monoisotopic (exact) mass is 390 g/mol. The molecule has 4 rings (SSSR count). The molecule has 0 aliphatic rings. The molecule has 4 aromatic rings. The summed E-state index contributed by atoms with van der Waals surface area (Å²) in [5.41, 5.74) is 12.1. The number of nitrogens with two attached hydrogens (primary N) is 1. The number of nitrogens with one attached hydrogen (secondary N) is 1. The van der Waals surface area contributed by atoms with Gasteiger partial charge in [0.05, 0.1) is 11.7 Å². The second-order valence-electron chi connectivity index (χ2n) is 7.34. The zero-order valence-corrected chi connectivity index (χ0v) is 16.4. The Bertz CT molecular complexity index is 1150.